The van der Waals surface area contributed by atoms with Crippen molar-refractivity contribution in [2.75, 3.05) is 0 Å². The van der Waals surface area contributed by atoms with Crippen molar-refractivity contribution in [2.24, 2.45) is 0 Å². The summed E-state index contributed by atoms with van der Waals surface area (Å²) in [5.41, 5.74) is 1.95. The Labute approximate surface area is 391 Å². The summed E-state index contributed by atoms with van der Waals surface area (Å²) in [6, 6.07) is 13.4. The van der Waals surface area contributed by atoms with Gasteiger partial charge < -0.3 is 4.42 Å². The summed E-state index contributed by atoms with van der Waals surface area (Å²) >= 11 is 0. The third-order valence-corrected chi connectivity index (χ3v) is 11.9. The van der Waals surface area contributed by atoms with E-state index in [0.717, 1.165) is 10.8 Å². The van der Waals surface area contributed by atoms with Crippen molar-refractivity contribution in [3.63, 3.8) is 0 Å². The van der Waals surface area contributed by atoms with Crippen LogP contribution in [-0.4, -0.2) is 0 Å². The monoisotopic (exact) mass is 813 g/mol. The first-order chi connectivity index (χ1) is 39.5. The van der Waals surface area contributed by atoms with Gasteiger partial charge in [0.1, 0.15) is 11.2 Å². The maximum atomic E-state index is 10.0. The average molecular weight is 814 g/mol. The average Bonchev–Trinajstić information content (AvgIpc) is 4.09. The second-order valence-electron chi connectivity index (χ2n) is 15.3. The van der Waals surface area contributed by atoms with E-state index in [4.69, 9.17) is 22.2 Å². The Morgan fingerprint density at radius 1 is 0.355 bits per heavy atom. The molecular weight excluding hydrogens is 749 g/mol. The topological polar surface area (TPSA) is 13.1 Å². The van der Waals surface area contributed by atoms with Crippen LogP contribution in [0.5, 0.6) is 0 Å². The Bertz CT molecular complexity index is 4810. The predicted octanol–water partition coefficient (Wildman–Crippen LogP) is 16.6. The van der Waals surface area contributed by atoms with Crippen LogP contribution in [0, 0.1) is 0 Å². The molecule has 294 valence electrons. The van der Waals surface area contributed by atoms with E-state index < -0.39 is 103 Å². The summed E-state index contributed by atoms with van der Waals surface area (Å²) < 4.78 is 196. The quantitative estimate of drug-likeness (QED) is 0.132. The highest BCUT2D eigenvalue weighted by molar-refractivity contribution is 6.16. The van der Waals surface area contributed by atoms with E-state index in [1.807, 2.05) is 60.7 Å². The molecule has 1 nitrogen and oxygen atoms in total. The summed E-state index contributed by atoms with van der Waals surface area (Å²) in [4.78, 5) is 0. The van der Waals surface area contributed by atoms with Gasteiger partial charge in [0.2, 0.25) is 0 Å². The molecule has 12 rings (SSSR count). The Hall–Kier alpha value is -7.48. The SMILES string of the molecule is [2H]c1c(-c2cccc3cccc(CCCc4c5c([2H])c([2H])c([2H])c([2H])c5c(CCc5c([2H])c([2H])c([2H])c6c([2H])c([2H])c([2H])c([2H])c56)c5c([2H])c([2H])c([2H])c([2H])c45)c23)c([2H])c2c(oc3c([2H])c([2H])c([2H])c(-c4cccc5ccccc45)c32)c1[2H]. The van der Waals surface area contributed by atoms with Gasteiger partial charge in [-0.3, -0.25) is 0 Å². The molecule has 12 aromatic rings. The van der Waals surface area contributed by atoms with Crippen molar-refractivity contribution < 1.29 is 33.2 Å². The first-order valence-electron chi connectivity index (χ1n) is 30.9. The Morgan fingerprint density at radius 3 is 1.81 bits per heavy atom. The molecule has 0 fully saturated rings. The molecule has 0 aliphatic rings. The van der Waals surface area contributed by atoms with Crippen LogP contribution < -0.4 is 0 Å². The molecular formula is C61H44O. The Balaban J connectivity index is 1.03. The number of furan rings is 1. The largest absolute Gasteiger partial charge is 0.456 e. The summed E-state index contributed by atoms with van der Waals surface area (Å²) in [6.07, 6.45) is -0.178. The zero-order valence-electron chi connectivity index (χ0n) is 53.9. The van der Waals surface area contributed by atoms with Gasteiger partial charge in [-0.15, -0.1) is 0 Å². The molecule has 0 aliphatic carbocycles. The van der Waals surface area contributed by atoms with Crippen LogP contribution in [0.4, 0.5) is 0 Å². The van der Waals surface area contributed by atoms with Crippen LogP contribution in [0.2, 0.25) is 0 Å². The fourth-order valence-electron chi connectivity index (χ4n) is 9.11. The van der Waals surface area contributed by atoms with Gasteiger partial charge in [-0.1, -0.05) is 188 Å². The number of benzene rings is 11. The van der Waals surface area contributed by atoms with Crippen LogP contribution in [0.3, 0.4) is 0 Å². The van der Waals surface area contributed by atoms with Crippen molar-refractivity contribution in [2.45, 2.75) is 32.1 Å². The number of rotatable bonds is 9. The van der Waals surface area contributed by atoms with E-state index in [1.54, 1.807) is 18.2 Å². The van der Waals surface area contributed by atoms with Gasteiger partial charge in [-0.2, -0.15) is 0 Å². The van der Waals surface area contributed by atoms with E-state index in [0.29, 0.717) is 27.5 Å². The third-order valence-electron chi connectivity index (χ3n) is 11.9. The second kappa shape index (κ2) is 15.2. The maximum absolute atomic E-state index is 10.0. The molecule has 0 bridgehead atoms. The minimum absolute atomic E-state index is 0.0159. The van der Waals surface area contributed by atoms with Crippen LogP contribution in [0.25, 0.3) is 98.1 Å². The molecule has 0 N–H and O–H groups in total. The van der Waals surface area contributed by atoms with E-state index in [-0.39, 0.29) is 138 Å². The lowest BCUT2D eigenvalue weighted by atomic mass is 9.86. The van der Waals surface area contributed by atoms with E-state index >= 15 is 0 Å². The van der Waals surface area contributed by atoms with E-state index in [9.17, 15) is 11.0 Å². The molecule has 11 aromatic carbocycles. The van der Waals surface area contributed by atoms with Crippen molar-refractivity contribution in [3.05, 3.63) is 228 Å². The highest BCUT2D eigenvalue weighted by Crippen LogP contribution is 2.42. The smallest absolute Gasteiger partial charge is 0.136 e. The molecule has 1 heterocycles. The molecule has 0 unspecified atom stereocenters. The molecule has 0 aliphatic heterocycles. The Kier molecular flexibility index (Phi) is 5.12. The lowest BCUT2D eigenvalue weighted by molar-refractivity contribution is 0.669. The molecule has 62 heavy (non-hydrogen) atoms. The van der Waals surface area contributed by atoms with Crippen LogP contribution in [0.1, 0.15) is 57.5 Å². The summed E-state index contributed by atoms with van der Waals surface area (Å²) in [6.45, 7) is 0. The van der Waals surface area contributed by atoms with Gasteiger partial charge in [0.25, 0.3) is 0 Å². The van der Waals surface area contributed by atoms with Crippen molar-refractivity contribution in [1.82, 2.24) is 0 Å². The lowest BCUT2D eigenvalue weighted by Crippen LogP contribution is -2.00. The first kappa shape index (κ1) is 20.9. The fraction of sp³-hybridized carbons (Fsp3) is 0.0820. The third kappa shape index (κ3) is 6.15. The zero-order valence-corrected chi connectivity index (χ0v) is 32.9. The summed E-state index contributed by atoms with van der Waals surface area (Å²) in [5, 5.41) is 2.59. The second-order valence-corrected chi connectivity index (χ2v) is 15.3. The number of hydrogen-bond donors (Lipinski definition) is 0. The maximum Gasteiger partial charge on any atom is 0.136 e. The van der Waals surface area contributed by atoms with Gasteiger partial charge >= 0.3 is 0 Å². The van der Waals surface area contributed by atoms with E-state index in [2.05, 4.69) is 0 Å². The van der Waals surface area contributed by atoms with Crippen molar-refractivity contribution in [3.8, 4) is 22.3 Å². The Morgan fingerprint density at radius 2 is 1.00 bits per heavy atom. The van der Waals surface area contributed by atoms with Crippen LogP contribution in [-0.2, 0) is 25.7 Å². The number of fused-ring (bicyclic) bond motifs is 8. The number of hydrogen-bond acceptors (Lipinski definition) is 1. The first-order valence-corrected chi connectivity index (χ1v) is 20.4. The highest BCUT2D eigenvalue weighted by atomic mass is 16.3. The van der Waals surface area contributed by atoms with Crippen LogP contribution in [0.15, 0.2) is 210 Å². The molecule has 0 atom stereocenters. The van der Waals surface area contributed by atoms with Gasteiger partial charge in [0.05, 0.1) is 28.8 Å². The molecule has 0 saturated carbocycles. The molecule has 0 saturated heterocycles. The van der Waals surface area contributed by atoms with Gasteiger partial charge in [-0.25, -0.2) is 0 Å². The molecule has 1 aromatic heterocycles. The molecule has 0 spiro atoms. The van der Waals surface area contributed by atoms with E-state index in [1.165, 1.54) is 0 Å². The van der Waals surface area contributed by atoms with Crippen molar-refractivity contribution in [1.29, 1.82) is 0 Å². The van der Waals surface area contributed by atoms with Crippen molar-refractivity contribution >= 4 is 75.8 Å². The van der Waals surface area contributed by atoms with Gasteiger partial charge in [-0.05, 0) is 149 Å². The normalized spacial score (nSPS) is 16.6. The molecule has 0 amide bonds. The lowest BCUT2D eigenvalue weighted by Gasteiger charge is -2.18. The predicted molar refractivity (Wildman–Crippen MR) is 264 cm³/mol. The van der Waals surface area contributed by atoms with Crippen LogP contribution >= 0.6 is 0 Å². The number of aryl methyl sites for hydroxylation is 4. The zero-order chi connectivity index (χ0) is 59.3. The minimum atomic E-state index is -0.641. The minimum Gasteiger partial charge on any atom is -0.456 e. The highest BCUT2D eigenvalue weighted by Gasteiger charge is 2.18. The summed E-state index contributed by atoms with van der Waals surface area (Å²) in [7, 11) is 0. The van der Waals surface area contributed by atoms with Gasteiger partial charge in [0, 0.05) is 10.8 Å². The molecule has 0 radical (unpaired) electrons. The standard InChI is InChI=1S/C61H44O/c1-3-24-46-40(15-1)17-9-18-42(46)35-37-55-52-28-7-5-26-50(52)54(51-27-6-8-29-53(51)55)32-13-23-44-21-10-20-43-22-12-30-48(60(43)44)45-36-38-58-57(39-45)61-56(33-14-34-59(61)62-58)49-31-11-19-41-16-2-4-25-47(41)49/h1-12,14-22,24-31,33-34,36,38-39H,13,23,32,35,37H2/i1D,3D,5D,6D,7D,8D,9D,14D,15D,17D,18D,24D,26D,27D,28D,29D,33D,34D,36D,38D,39D. The fourth-order valence-corrected chi connectivity index (χ4v) is 9.11. The summed E-state index contributed by atoms with van der Waals surface area (Å²) in [5.74, 6) is 0. The van der Waals surface area contributed by atoms with Gasteiger partial charge in [0.15, 0.2) is 0 Å². The molecule has 1 heteroatoms.